The van der Waals surface area contributed by atoms with E-state index in [2.05, 4.69) is 24.3 Å². The average Bonchev–Trinajstić information content (AvgIpc) is 2.15. The van der Waals surface area contributed by atoms with E-state index in [0.29, 0.717) is 0 Å². The molecule has 0 unspecified atom stereocenters. The van der Waals surface area contributed by atoms with Crippen molar-refractivity contribution in [1.82, 2.24) is 0 Å². The van der Waals surface area contributed by atoms with Crippen molar-refractivity contribution in [2.75, 3.05) is 0 Å². The first kappa shape index (κ1) is 7.61. The van der Waals surface area contributed by atoms with E-state index in [0.717, 1.165) is 5.41 Å². The van der Waals surface area contributed by atoms with Gasteiger partial charge < -0.3 is 0 Å². The standard InChI is InChI=1S/C13H16/c1-2-5-12-10-13(7-3-8-13)9-6-11(12)4-1/h1-2,4-5H,3,6-10H2. The number of fused-ring (bicyclic) bond motifs is 1. The van der Waals surface area contributed by atoms with Gasteiger partial charge in [-0.3, -0.25) is 0 Å². The third kappa shape index (κ3) is 1.12. The lowest BCUT2D eigenvalue weighted by Crippen LogP contribution is -2.35. The van der Waals surface area contributed by atoms with Gasteiger partial charge in [0.25, 0.3) is 0 Å². The quantitative estimate of drug-likeness (QED) is 0.563. The number of benzene rings is 1. The Morgan fingerprint density at radius 1 is 0.923 bits per heavy atom. The van der Waals surface area contributed by atoms with Gasteiger partial charge in [-0.05, 0) is 48.6 Å². The molecule has 0 amide bonds. The molecule has 0 nitrogen and oxygen atoms in total. The highest BCUT2D eigenvalue weighted by atomic mass is 14.4. The van der Waals surface area contributed by atoms with Crippen molar-refractivity contribution in [3.8, 4) is 0 Å². The third-order valence-electron chi connectivity index (χ3n) is 4.02. The molecule has 0 aromatic heterocycles. The highest BCUT2D eigenvalue weighted by Gasteiger charge is 2.39. The molecule has 0 aliphatic heterocycles. The number of rotatable bonds is 0. The molecule has 2 aliphatic carbocycles. The molecule has 13 heavy (non-hydrogen) atoms. The van der Waals surface area contributed by atoms with Crippen molar-refractivity contribution >= 4 is 0 Å². The molecule has 68 valence electrons. The van der Waals surface area contributed by atoms with E-state index >= 15 is 0 Å². The van der Waals surface area contributed by atoms with Crippen LogP contribution in [0, 0.1) is 5.41 Å². The molecule has 0 heterocycles. The molecule has 1 saturated carbocycles. The smallest absolute Gasteiger partial charge is 0.0219 e. The van der Waals surface area contributed by atoms with Gasteiger partial charge >= 0.3 is 0 Å². The van der Waals surface area contributed by atoms with E-state index in [4.69, 9.17) is 0 Å². The van der Waals surface area contributed by atoms with Crippen LogP contribution in [0.2, 0.25) is 0 Å². The summed E-state index contributed by atoms with van der Waals surface area (Å²) in [7, 11) is 0. The Morgan fingerprint density at radius 2 is 1.69 bits per heavy atom. The van der Waals surface area contributed by atoms with E-state index in [1.807, 2.05) is 0 Å². The van der Waals surface area contributed by atoms with Crippen molar-refractivity contribution in [2.24, 2.45) is 5.41 Å². The minimum absolute atomic E-state index is 0.744. The first-order chi connectivity index (χ1) is 6.38. The second-order valence-corrected chi connectivity index (χ2v) is 4.80. The predicted molar refractivity (Wildman–Crippen MR) is 54.8 cm³/mol. The SMILES string of the molecule is c1ccc2c(c1)CCC1(CCC1)C2. The van der Waals surface area contributed by atoms with Crippen molar-refractivity contribution < 1.29 is 0 Å². The van der Waals surface area contributed by atoms with E-state index < -0.39 is 0 Å². The summed E-state index contributed by atoms with van der Waals surface area (Å²) in [5, 5.41) is 0. The Bertz CT molecular complexity index is 321. The zero-order valence-electron chi connectivity index (χ0n) is 8.05. The Balaban J connectivity index is 1.94. The van der Waals surface area contributed by atoms with Crippen molar-refractivity contribution in [1.29, 1.82) is 0 Å². The molecular weight excluding hydrogens is 156 g/mol. The lowest BCUT2D eigenvalue weighted by Gasteiger charge is -2.45. The van der Waals surface area contributed by atoms with Crippen molar-refractivity contribution in [2.45, 2.75) is 38.5 Å². The molecule has 0 heteroatoms. The molecule has 3 rings (SSSR count). The van der Waals surface area contributed by atoms with Crippen LogP contribution in [0.1, 0.15) is 36.8 Å². The second kappa shape index (κ2) is 2.60. The Labute approximate surface area is 80.0 Å². The van der Waals surface area contributed by atoms with Gasteiger partial charge in [0.1, 0.15) is 0 Å². The molecule has 1 spiro atoms. The van der Waals surface area contributed by atoms with Crippen LogP contribution in [0.3, 0.4) is 0 Å². The predicted octanol–water partition coefficient (Wildman–Crippen LogP) is 3.35. The fourth-order valence-corrected chi connectivity index (χ4v) is 2.97. The van der Waals surface area contributed by atoms with E-state index in [9.17, 15) is 0 Å². The maximum absolute atomic E-state index is 2.33. The molecule has 1 aromatic rings. The van der Waals surface area contributed by atoms with Gasteiger partial charge in [-0.15, -0.1) is 0 Å². The first-order valence-electron chi connectivity index (χ1n) is 5.45. The van der Waals surface area contributed by atoms with Crippen LogP contribution in [0.5, 0.6) is 0 Å². The van der Waals surface area contributed by atoms with Gasteiger partial charge in [0.2, 0.25) is 0 Å². The summed E-state index contributed by atoms with van der Waals surface area (Å²) in [6, 6.07) is 9.00. The number of hydrogen-bond donors (Lipinski definition) is 0. The molecule has 1 fully saturated rings. The molecule has 1 aromatic carbocycles. The van der Waals surface area contributed by atoms with Gasteiger partial charge in [0.15, 0.2) is 0 Å². The summed E-state index contributed by atoms with van der Waals surface area (Å²) < 4.78 is 0. The van der Waals surface area contributed by atoms with Crippen LogP contribution >= 0.6 is 0 Å². The normalized spacial score (nSPS) is 23.7. The highest BCUT2D eigenvalue weighted by molar-refractivity contribution is 5.31. The summed E-state index contributed by atoms with van der Waals surface area (Å²) in [5.41, 5.74) is 3.99. The van der Waals surface area contributed by atoms with Crippen LogP contribution in [0.25, 0.3) is 0 Å². The van der Waals surface area contributed by atoms with E-state index in [1.165, 1.54) is 38.5 Å². The molecule has 0 atom stereocenters. The molecular formula is C13H16. The molecule has 0 radical (unpaired) electrons. The lowest BCUT2D eigenvalue weighted by molar-refractivity contribution is 0.111. The summed E-state index contributed by atoms with van der Waals surface area (Å²) >= 11 is 0. The topological polar surface area (TPSA) is 0 Å². The van der Waals surface area contributed by atoms with Gasteiger partial charge in [-0.25, -0.2) is 0 Å². The molecule has 2 aliphatic rings. The maximum Gasteiger partial charge on any atom is -0.0219 e. The Hall–Kier alpha value is -0.780. The number of aryl methyl sites for hydroxylation is 1. The Kier molecular flexibility index (Phi) is 1.52. The summed E-state index contributed by atoms with van der Waals surface area (Å²) in [6.07, 6.45) is 8.59. The second-order valence-electron chi connectivity index (χ2n) is 4.80. The van der Waals surface area contributed by atoms with Crippen LogP contribution in [-0.2, 0) is 12.8 Å². The van der Waals surface area contributed by atoms with Gasteiger partial charge in [0, 0.05) is 0 Å². The molecule has 0 bridgehead atoms. The largest absolute Gasteiger partial charge is 0.0620 e. The van der Waals surface area contributed by atoms with Crippen molar-refractivity contribution in [3.63, 3.8) is 0 Å². The van der Waals surface area contributed by atoms with Gasteiger partial charge in [-0.1, -0.05) is 30.7 Å². The minimum Gasteiger partial charge on any atom is -0.0620 e. The summed E-state index contributed by atoms with van der Waals surface area (Å²) in [5.74, 6) is 0. The zero-order chi connectivity index (χ0) is 8.73. The first-order valence-corrected chi connectivity index (χ1v) is 5.45. The maximum atomic E-state index is 2.33. The minimum atomic E-state index is 0.744. The fraction of sp³-hybridized carbons (Fsp3) is 0.538. The molecule has 0 N–H and O–H groups in total. The molecule has 0 saturated heterocycles. The average molecular weight is 172 g/mol. The van der Waals surface area contributed by atoms with E-state index in [-0.39, 0.29) is 0 Å². The van der Waals surface area contributed by atoms with Crippen LogP contribution in [0.4, 0.5) is 0 Å². The fourth-order valence-electron chi connectivity index (χ4n) is 2.97. The third-order valence-corrected chi connectivity index (χ3v) is 4.02. The summed E-state index contributed by atoms with van der Waals surface area (Å²) in [4.78, 5) is 0. The Morgan fingerprint density at radius 3 is 2.38 bits per heavy atom. The van der Waals surface area contributed by atoms with Gasteiger partial charge in [-0.2, -0.15) is 0 Å². The summed E-state index contributed by atoms with van der Waals surface area (Å²) in [6.45, 7) is 0. The zero-order valence-corrected chi connectivity index (χ0v) is 8.05. The van der Waals surface area contributed by atoms with E-state index in [1.54, 1.807) is 11.1 Å². The van der Waals surface area contributed by atoms with Gasteiger partial charge in [0.05, 0.1) is 0 Å². The number of hydrogen-bond acceptors (Lipinski definition) is 0. The van der Waals surface area contributed by atoms with Crippen molar-refractivity contribution in [3.05, 3.63) is 35.4 Å². The highest BCUT2D eigenvalue weighted by Crippen LogP contribution is 2.49. The van der Waals surface area contributed by atoms with Crippen LogP contribution < -0.4 is 0 Å². The van der Waals surface area contributed by atoms with Crippen LogP contribution in [-0.4, -0.2) is 0 Å². The monoisotopic (exact) mass is 172 g/mol. The lowest BCUT2D eigenvalue weighted by atomic mass is 9.60. The van der Waals surface area contributed by atoms with Crippen LogP contribution in [0.15, 0.2) is 24.3 Å².